The predicted octanol–water partition coefficient (Wildman–Crippen LogP) is 0.543. The van der Waals surface area contributed by atoms with Crippen LogP contribution in [0.1, 0.15) is 36.8 Å². The van der Waals surface area contributed by atoms with Gasteiger partial charge in [0.05, 0.1) is 24.5 Å². The molecule has 0 spiro atoms. The van der Waals surface area contributed by atoms with E-state index in [1.54, 1.807) is 11.1 Å². The third-order valence-corrected chi connectivity index (χ3v) is 3.74. The van der Waals surface area contributed by atoms with Crippen molar-refractivity contribution in [2.24, 2.45) is 0 Å². The zero-order valence-corrected chi connectivity index (χ0v) is 12.2. The van der Waals surface area contributed by atoms with E-state index < -0.39 is 6.61 Å². The molecule has 1 N–H and O–H groups in total. The number of aliphatic hydroxyl groups is 1. The maximum Gasteiger partial charge on any atom is 0.248 e. The lowest BCUT2D eigenvalue weighted by molar-refractivity contribution is -0.134. The number of carbonyl (C=O) groups is 1. The molecular weight excluding hydrogens is 270 g/mol. The Morgan fingerprint density at radius 1 is 1.43 bits per heavy atom. The summed E-state index contributed by atoms with van der Waals surface area (Å²) >= 11 is 0. The summed E-state index contributed by atoms with van der Waals surface area (Å²) in [6, 6.07) is 2.11. The number of carbonyl (C=O) groups excluding carboxylic acids is 1. The summed E-state index contributed by atoms with van der Waals surface area (Å²) in [6.45, 7) is 5.31. The Morgan fingerprint density at radius 3 is 2.86 bits per heavy atom. The van der Waals surface area contributed by atoms with Gasteiger partial charge in [-0.25, -0.2) is 0 Å². The number of rotatable bonds is 4. The topological polar surface area (TPSA) is 76.2 Å². The summed E-state index contributed by atoms with van der Waals surface area (Å²) in [7, 11) is 0. The highest BCUT2D eigenvalue weighted by atomic mass is 16.3. The van der Waals surface area contributed by atoms with Gasteiger partial charge < -0.3 is 10.0 Å². The zero-order valence-electron chi connectivity index (χ0n) is 12.2. The van der Waals surface area contributed by atoms with Gasteiger partial charge in [0.1, 0.15) is 6.61 Å². The Kier molecular flexibility index (Phi) is 3.50. The van der Waals surface area contributed by atoms with Gasteiger partial charge in [-0.1, -0.05) is 0 Å². The Morgan fingerprint density at radius 2 is 2.24 bits per heavy atom. The second kappa shape index (κ2) is 5.33. The lowest BCUT2D eigenvalue weighted by Crippen LogP contribution is -2.29. The minimum Gasteiger partial charge on any atom is -0.387 e. The van der Waals surface area contributed by atoms with Crippen molar-refractivity contribution in [3.63, 3.8) is 0 Å². The van der Waals surface area contributed by atoms with E-state index in [1.165, 1.54) is 0 Å². The summed E-state index contributed by atoms with van der Waals surface area (Å²) in [5, 5.41) is 17.9. The van der Waals surface area contributed by atoms with Crippen LogP contribution in [0.2, 0.25) is 0 Å². The summed E-state index contributed by atoms with van der Waals surface area (Å²) in [5.74, 6) is -0.244. The first-order valence-electron chi connectivity index (χ1n) is 7.05. The minimum absolute atomic E-state index is 0.231. The summed E-state index contributed by atoms with van der Waals surface area (Å²) in [5.41, 5.74) is 3.09. The molecule has 0 radical (unpaired) electrons. The molecule has 3 heterocycles. The van der Waals surface area contributed by atoms with Crippen LogP contribution >= 0.6 is 0 Å². The van der Waals surface area contributed by atoms with E-state index in [1.807, 2.05) is 21.6 Å². The number of hydrogen-bond acceptors (Lipinski definition) is 4. The fourth-order valence-electron chi connectivity index (χ4n) is 2.71. The van der Waals surface area contributed by atoms with Crippen molar-refractivity contribution in [2.75, 3.05) is 6.61 Å². The van der Waals surface area contributed by atoms with Crippen molar-refractivity contribution in [2.45, 2.75) is 39.5 Å². The molecule has 3 rings (SSSR count). The number of aromatic nitrogens is 4. The Balaban J connectivity index is 1.93. The molecule has 2 aromatic heterocycles. The second-order valence-electron chi connectivity index (χ2n) is 5.52. The average molecular weight is 289 g/mol. The molecule has 0 unspecified atom stereocenters. The van der Waals surface area contributed by atoms with Crippen LogP contribution in [0.3, 0.4) is 0 Å². The number of hydrogen-bond donors (Lipinski definition) is 1. The molecule has 0 aliphatic carbocycles. The molecule has 0 bridgehead atoms. The lowest BCUT2D eigenvalue weighted by atomic mass is 10.2. The molecule has 0 atom stereocenters. The Labute approximate surface area is 122 Å². The summed E-state index contributed by atoms with van der Waals surface area (Å²) in [6.07, 6.45) is 3.63. The number of aliphatic hydroxyl groups excluding tert-OH is 1. The van der Waals surface area contributed by atoms with Gasteiger partial charge in [0, 0.05) is 30.5 Å². The van der Waals surface area contributed by atoms with Crippen LogP contribution in [0.15, 0.2) is 18.5 Å². The first-order chi connectivity index (χ1) is 10.1. The smallest absolute Gasteiger partial charge is 0.248 e. The van der Waals surface area contributed by atoms with E-state index in [-0.39, 0.29) is 11.9 Å². The zero-order chi connectivity index (χ0) is 15.0. The van der Waals surface area contributed by atoms with Crippen LogP contribution in [-0.4, -0.2) is 42.1 Å². The van der Waals surface area contributed by atoms with Crippen LogP contribution in [0.5, 0.6) is 0 Å². The van der Waals surface area contributed by atoms with E-state index in [0.29, 0.717) is 19.6 Å². The van der Waals surface area contributed by atoms with Gasteiger partial charge in [-0.05, 0) is 19.9 Å². The first-order valence-corrected chi connectivity index (χ1v) is 7.05. The van der Waals surface area contributed by atoms with Gasteiger partial charge in [0.15, 0.2) is 0 Å². The van der Waals surface area contributed by atoms with Crippen molar-refractivity contribution in [3.05, 3.63) is 35.4 Å². The summed E-state index contributed by atoms with van der Waals surface area (Å²) in [4.78, 5) is 13.4. The highest BCUT2D eigenvalue weighted by Crippen LogP contribution is 2.28. The summed E-state index contributed by atoms with van der Waals surface area (Å²) < 4.78 is 3.79. The molecule has 7 heteroatoms. The Bertz CT molecular complexity index is 645. The average Bonchev–Trinajstić information content (AvgIpc) is 3.15. The van der Waals surface area contributed by atoms with Crippen molar-refractivity contribution in [1.82, 2.24) is 24.5 Å². The quantitative estimate of drug-likeness (QED) is 0.891. The van der Waals surface area contributed by atoms with Gasteiger partial charge in [-0.15, -0.1) is 0 Å². The molecule has 0 saturated carbocycles. The van der Waals surface area contributed by atoms with Gasteiger partial charge in [0.25, 0.3) is 0 Å². The van der Waals surface area contributed by atoms with Crippen LogP contribution in [0, 0.1) is 0 Å². The molecule has 7 nitrogen and oxygen atoms in total. The van der Waals surface area contributed by atoms with Crippen LogP contribution in [0.4, 0.5) is 0 Å². The third-order valence-electron chi connectivity index (χ3n) is 3.74. The highest BCUT2D eigenvalue weighted by Gasteiger charge is 2.30. The molecule has 1 aliphatic heterocycles. The molecule has 1 aliphatic rings. The SMILES string of the molecule is CC(C)n1nc(Cn2cccn2)c2c1CN(C(=O)CO)C2. The predicted molar refractivity (Wildman–Crippen MR) is 75.3 cm³/mol. The fraction of sp³-hybridized carbons (Fsp3) is 0.500. The van der Waals surface area contributed by atoms with Crippen molar-refractivity contribution >= 4 is 5.91 Å². The number of nitrogens with zero attached hydrogens (tertiary/aromatic N) is 5. The molecule has 112 valence electrons. The maximum absolute atomic E-state index is 11.7. The molecule has 0 saturated heterocycles. The van der Waals surface area contributed by atoms with E-state index in [2.05, 4.69) is 24.0 Å². The molecule has 1 amide bonds. The third kappa shape index (κ3) is 2.44. The molecular formula is C14H19N5O2. The standard InChI is InChI=1S/C14H19N5O2/c1-10(2)19-13-8-17(14(21)9-20)6-11(13)12(16-19)7-18-5-3-4-15-18/h3-5,10,20H,6-9H2,1-2H3. The van der Waals surface area contributed by atoms with Crippen molar-refractivity contribution in [3.8, 4) is 0 Å². The van der Waals surface area contributed by atoms with Crippen molar-refractivity contribution < 1.29 is 9.90 Å². The van der Waals surface area contributed by atoms with E-state index in [0.717, 1.165) is 17.0 Å². The van der Waals surface area contributed by atoms with E-state index in [4.69, 9.17) is 5.11 Å². The van der Waals surface area contributed by atoms with E-state index >= 15 is 0 Å². The first kappa shape index (κ1) is 13.8. The largest absolute Gasteiger partial charge is 0.387 e. The highest BCUT2D eigenvalue weighted by molar-refractivity contribution is 5.77. The molecule has 21 heavy (non-hydrogen) atoms. The number of fused-ring (bicyclic) bond motifs is 1. The fourth-order valence-corrected chi connectivity index (χ4v) is 2.71. The van der Waals surface area contributed by atoms with E-state index in [9.17, 15) is 4.79 Å². The Hall–Kier alpha value is -2.15. The lowest BCUT2D eigenvalue weighted by Gasteiger charge is -2.16. The van der Waals surface area contributed by atoms with Gasteiger partial charge in [0.2, 0.25) is 5.91 Å². The van der Waals surface area contributed by atoms with Gasteiger partial charge in [-0.2, -0.15) is 10.2 Å². The molecule has 2 aromatic rings. The van der Waals surface area contributed by atoms with Crippen molar-refractivity contribution in [1.29, 1.82) is 0 Å². The number of amides is 1. The second-order valence-corrected chi connectivity index (χ2v) is 5.52. The minimum atomic E-state index is -0.451. The van der Waals surface area contributed by atoms with Crippen LogP contribution in [-0.2, 0) is 24.4 Å². The van der Waals surface area contributed by atoms with Crippen LogP contribution in [0.25, 0.3) is 0 Å². The normalized spacial score (nSPS) is 14.0. The van der Waals surface area contributed by atoms with Gasteiger partial charge in [-0.3, -0.25) is 14.2 Å². The maximum atomic E-state index is 11.7. The van der Waals surface area contributed by atoms with Crippen LogP contribution < -0.4 is 0 Å². The monoisotopic (exact) mass is 289 g/mol. The molecule has 0 fully saturated rings. The molecule has 0 aromatic carbocycles. The van der Waals surface area contributed by atoms with Gasteiger partial charge >= 0.3 is 0 Å².